The Hall–Kier alpha value is -1.57. The van der Waals surface area contributed by atoms with E-state index in [9.17, 15) is 4.79 Å². The first kappa shape index (κ1) is 12.5. The number of anilines is 1. The van der Waals surface area contributed by atoms with Crippen molar-refractivity contribution in [2.75, 3.05) is 5.32 Å². The number of aryl methyl sites for hydroxylation is 1. The molecule has 100 valence electrons. The number of fused-ring (bicyclic) bond motifs is 1. The van der Waals surface area contributed by atoms with Crippen molar-refractivity contribution >= 4 is 11.6 Å². The number of benzene rings is 1. The van der Waals surface area contributed by atoms with Crippen LogP contribution in [0.4, 0.5) is 5.69 Å². The number of hydrogen-bond donors (Lipinski definition) is 1. The lowest BCUT2D eigenvalue weighted by Gasteiger charge is -2.05. The van der Waals surface area contributed by atoms with E-state index in [-0.39, 0.29) is 11.8 Å². The lowest BCUT2D eigenvalue weighted by molar-refractivity contribution is -0.117. The monoisotopic (exact) mass is 255 g/mol. The zero-order valence-corrected chi connectivity index (χ0v) is 11.4. The van der Waals surface area contributed by atoms with Gasteiger partial charge < -0.3 is 5.32 Å². The van der Waals surface area contributed by atoms with E-state index in [2.05, 4.69) is 24.4 Å². The third kappa shape index (κ3) is 2.73. The van der Waals surface area contributed by atoms with Crippen LogP contribution in [0.25, 0.3) is 0 Å². The van der Waals surface area contributed by atoms with Crippen LogP contribution >= 0.6 is 0 Å². The summed E-state index contributed by atoms with van der Waals surface area (Å²) in [5.41, 5.74) is 2.13. The molecule has 0 bridgehead atoms. The standard InChI is InChI=1S/C17H21NO/c1-12-8-10-13(11-9-12)18-17(19)16-14-6-4-2-3-5-7-15(14)16/h4,6,8-11,14-16H,2-3,5,7H2,1H3,(H,18,19)/t14-,15+,16-/m0/s1. The van der Waals surface area contributed by atoms with Gasteiger partial charge in [0.15, 0.2) is 0 Å². The summed E-state index contributed by atoms with van der Waals surface area (Å²) < 4.78 is 0. The molecule has 2 heteroatoms. The van der Waals surface area contributed by atoms with Crippen LogP contribution in [0.5, 0.6) is 0 Å². The molecule has 1 aromatic rings. The molecule has 0 saturated heterocycles. The first-order valence-electron chi connectivity index (χ1n) is 7.30. The molecule has 1 fully saturated rings. The summed E-state index contributed by atoms with van der Waals surface area (Å²) >= 11 is 0. The van der Waals surface area contributed by atoms with Gasteiger partial charge in [-0.05, 0) is 50.2 Å². The van der Waals surface area contributed by atoms with Crippen LogP contribution in [0.15, 0.2) is 36.4 Å². The van der Waals surface area contributed by atoms with Crippen molar-refractivity contribution in [3.63, 3.8) is 0 Å². The van der Waals surface area contributed by atoms with Gasteiger partial charge in [0.05, 0.1) is 0 Å². The van der Waals surface area contributed by atoms with Crippen LogP contribution in [0.2, 0.25) is 0 Å². The van der Waals surface area contributed by atoms with Gasteiger partial charge in [0, 0.05) is 11.6 Å². The highest BCUT2D eigenvalue weighted by molar-refractivity contribution is 5.95. The van der Waals surface area contributed by atoms with Crippen molar-refractivity contribution < 1.29 is 4.79 Å². The summed E-state index contributed by atoms with van der Waals surface area (Å²) in [6, 6.07) is 8.03. The molecule has 1 saturated carbocycles. The predicted octanol–water partition coefficient (Wildman–Crippen LogP) is 3.93. The van der Waals surface area contributed by atoms with Gasteiger partial charge in [0.2, 0.25) is 5.91 Å². The van der Waals surface area contributed by atoms with Crippen molar-refractivity contribution in [3.8, 4) is 0 Å². The third-order valence-corrected chi connectivity index (χ3v) is 4.37. The molecule has 1 N–H and O–H groups in total. The van der Waals surface area contributed by atoms with Crippen LogP contribution in [-0.2, 0) is 4.79 Å². The zero-order valence-electron chi connectivity index (χ0n) is 11.4. The van der Waals surface area contributed by atoms with Gasteiger partial charge in [0.1, 0.15) is 0 Å². The second-order valence-electron chi connectivity index (χ2n) is 5.83. The van der Waals surface area contributed by atoms with E-state index >= 15 is 0 Å². The Bertz CT molecular complexity index is 488. The van der Waals surface area contributed by atoms with Gasteiger partial charge in [-0.3, -0.25) is 4.79 Å². The predicted molar refractivity (Wildman–Crippen MR) is 77.9 cm³/mol. The molecule has 1 amide bonds. The maximum absolute atomic E-state index is 12.3. The molecule has 2 nitrogen and oxygen atoms in total. The second-order valence-corrected chi connectivity index (χ2v) is 5.83. The summed E-state index contributed by atoms with van der Waals surface area (Å²) in [7, 11) is 0. The molecular weight excluding hydrogens is 234 g/mol. The van der Waals surface area contributed by atoms with Crippen molar-refractivity contribution in [3.05, 3.63) is 42.0 Å². The number of allylic oxidation sites excluding steroid dienone is 2. The molecular formula is C17H21NO. The molecule has 0 heterocycles. The Morgan fingerprint density at radius 2 is 2.00 bits per heavy atom. The fraction of sp³-hybridized carbons (Fsp3) is 0.471. The highest BCUT2D eigenvalue weighted by atomic mass is 16.2. The topological polar surface area (TPSA) is 29.1 Å². The number of rotatable bonds is 2. The third-order valence-electron chi connectivity index (χ3n) is 4.37. The maximum atomic E-state index is 12.3. The van der Waals surface area contributed by atoms with Crippen LogP contribution in [-0.4, -0.2) is 5.91 Å². The van der Waals surface area contributed by atoms with Crippen LogP contribution < -0.4 is 5.32 Å². The quantitative estimate of drug-likeness (QED) is 0.797. The van der Waals surface area contributed by atoms with E-state index < -0.39 is 0 Å². The Morgan fingerprint density at radius 3 is 2.79 bits per heavy atom. The average Bonchev–Trinajstić information content (AvgIpc) is 3.03. The lowest BCUT2D eigenvalue weighted by Crippen LogP contribution is -2.15. The van der Waals surface area contributed by atoms with Gasteiger partial charge in [-0.25, -0.2) is 0 Å². The second kappa shape index (κ2) is 5.20. The highest BCUT2D eigenvalue weighted by Gasteiger charge is 2.52. The Morgan fingerprint density at radius 1 is 1.21 bits per heavy atom. The molecule has 0 radical (unpaired) electrons. The van der Waals surface area contributed by atoms with Crippen LogP contribution in [0.3, 0.4) is 0 Å². The first-order chi connectivity index (χ1) is 9.25. The molecule has 3 rings (SSSR count). The fourth-order valence-corrected chi connectivity index (χ4v) is 3.16. The molecule has 2 aliphatic carbocycles. The Balaban J connectivity index is 1.64. The fourth-order valence-electron chi connectivity index (χ4n) is 3.16. The highest BCUT2D eigenvalue weighted by Crippen LogP contribution is 2.51. The van der Waals surface area contributed by atoms with E-state index in [4.69, 9.17) is 0 Å². The molecule has 3 atom stereocenters. The van der Waals surface area contributed by atoms with E-state index in [0.29, 0.717) is 11.8 Å². The van der Waals surface area contributed by atoms with Gasteiger partial charge in [0.25, 0.3) is 0 Å². The largest absolute Gasteiger partial charge is 0.326 e. The average molecular weight is 255 g/mol. The Kier molecular flexibility index (Phi) is 3.41. The van der Waals surface area contributed by atoms with Crippen molar-refractivity contribution in [2.45, 2.75) is 32.6 Å². The van der Waals surface area contributed by atoms with Crippen LogP contribution in [0, 0.1) is 24.7 Å². The van der Waals surface area contributed by atoms with E-state index in [1.165, 1.54) is 31.2 Å². The number of carbonyl (C=O) groups excluding carboxylic acids is 1. The van der Waals surface area contributed by atoms with E-state index in [1.54, 1.807) is 0 Å². The lowest BCUT2D eigenvalue weighted by atomic mass is 10.1. The van der Waals surface area contributed by atoms with Gasteiger partial charge in [-0.1, -0.05) is 36.3 Å². The number of nitrogens with one attached hydrogen (secondary N) is 1. The van der Waals surface area contributed by atoms with Crippen LogP contribution in [0.1, 0.15) is 31.2 Å². The van der Waals surface area contributed by atoms with Gasteiger partial charge >= 0.3 is 0 Å². The minimum atomic E-state index is 0.199. The summed E-state index contributed by atoms with van der Waals surface area (Å²) in [6.45, 7) is 2.05. The molecule has 1 aromatic carbocycles. The van der Waals surface area contributed by atoms with Crippen molar-refractivity contribution in [1.82, 2.24) is 0 Å². The Labute approximate surface area is 114 Å². The molecule has 19 heavy (non-hydrogen) atoms. The molecule has 0 spiro atoms. The van der Waals surface area contributed by atoms with Gasteiger partial charge in [-0.2, -0.15) is 0 Å². The summed E-state index contributed by atoms with van der Waals surface area (Å²) in [5.74, 6) is 1.48. The summed E-state index contributed by atoms with van der Waals surface area (Å²) in [4.78, 5) is 12.3. The van der Waals surface area contributed by atoms with E-state index in [0.717, 1.165) is 5.69 Å². The van der Waals surface area contributed by atoms with Crippen molar-refractivity contribution in [1.29, 1.82) is 0 Å². The minimum Gasteiger partial charge on any atom is -0.326 e. The summed E-state index contributed by atoms with van der Waals surface area (Å²) in [5, 5.41) is 3.06. The molecule has 0 aliphatic heterocycles. The summed E-state index contributed by atoms with van der Waals surface area (Å²) in [6.07, 6.45) is 9.45. The smallest absolute Gasteiger partial charge is 0.228 e. The zero-order chi connectivity index (χ0) is 13.2. The molecule has 0 unspecified atom stereocenters. The number of amides is 1. The number of carbonyl (C=O) groups is 1. The minimum absolute atomic E-state index is 0.199. The van der Waals surface area contributed by atoms with E-state index in [1.807, 2.05) is 24.3 Å². The van der Waals surface area contributed by atoms with Crippen molar-refractivity contribution in [2.24, 2.45) is 17.8 Å². The normalized spacial score (nSPS) is 29.0. The number of hydrogen-bond acceptors (Lipinski definition) is 1. The first-order valence-corrected chi connectivity index (χ1v) is 7.30. The van der Waals surface area contributed by atoms with Gasteiger partial charge in [-0.15, -0.1) is 0 Å². The molecule has 2 aliphatic rings. The SMILES string of the molecule is Cc1ccc(NC(=O)[C@H]2[C@H]3C=CCCCC[C@H]32)cc1. The molecule has 0 aromatic heterocycles. The maximum Gasteiger partial charge on any atom is 0.228 e.